The summed E-state index contributed by atoms with van der Waals surface area (Å²) in [5.74, 6) is -0.275. The predicted molar refractivity (Wildman–Crippen MR) is 67.7 cm³/mol. The SMILES string of the molecule is CC1CN(C(C)c2ccc(C(=O)O)o2)CCN1C. The molecule has 1 aliphatic rings. The third-order valence-corrected chi connectivity index (χ3v) is 3.79. The molecule has 0 amide bonds. The van der Waals surface area contributed by atoms with Gasteiger partial charge in [0.2, 0.25) is 5.76 Å². The van der Waals surface area contributed by atoms with E-state index in [4.69, 9.17) is 9.52 Å². The van der Waals surface area contributed by atoms with Crippen LogP contribution < -0.4 is 0 Å². The molecule has 0 spiro atoms. The van der Waals surface area contributed by atoms with E-state index in [2.05, 4.69) is 30.7 Å². The van der Waals surface area contributed by atoms with E-state index >= 15 is 0 Å². The van der Waals surface area contributed by atoms with E-state index in [1.165, 1.54) is 6.07 Å². The summed E-state index contributed by atoms with van der Waals surface area (Å²) >= 11 is 0. The van der Waals surface area contributed by atoms with E-state index in [0.29, 0.717) is 6.04 Å². The van der Waals surface area contributed by atoms with Gasteiger partial charge in [0.05, 0.1) is 6.04 Å². The molecule has 0 aliphatic carbocycles. The van der Waals surface area contributed by atoms with Crippen molar-refractivity contribution in [1.29, 1.82) is 0 Å². The Morgan fingerprint density at radius 2 is 2.22 bits per heavy atom. The van der Waals surface area contributed by atoms with Gasteiger partial charge in [0.15, 0.2) is 0 Å². The van der Waals surface area contributed by atoms with Crippen molar-refractivity contribution in [2.75, 3.05) is 26.7 Å². The summed E-state index contributed by atoms with van der Waals surface area (Å²) in [4.78, 5) is 15.5. The van der Waals surface area contributed by atoms with Gasteiger partial charge < -0.3 is 14.4 Å². The Labute approximate surface area is 107 Å². The second kappa shape index (κ2) is 5.12. The molecule has 5 nitrogen and oxygen atoms in total. The maximum atomic E-state index is 10.8. The van der Waals surface area contributed by atoms with Crippen LogP contribution in [0.15, 0.2) is 16.5 Å². The van der Waals surface area contributed by atoms with Gasteiger partial charge in [-0.2, -0.15) is 0 Å². The summed E-state index contributed by atoms with van der Waals surface area (Å²) < 4.78 is 5.37. The zero-order valence-corrected chi connectivity index (χ0v) is 11.1. The highest BCUT2D eigenvalue weighted by molar-refractivity contribution is 5.84. The molecule has 2 atom stereocenters. The molecule has 0 saturated carbocycles. The average molecular weight is 252 g/mol. The number of carboxylic acid groups (broad SMARTS) is 1. The first-order valence-corrected chi connectivity index (χ1v) is 6.26. The van der Waals surface area contributed by atoms with Crippen LogP contribution in [0, 0.1) is 0 Å². The molecule has 2 unspecified atom stereocenters. The Kier molecular flexibility index (Phi) is 3.73. The number of aromatic carboxylic acids is 1. The summed E-state index contributed by atoms with van der Waals surface area (Å²) in [6.45, 7) is 7.23. The Morgan fingerprint density at radius 1 is 1.50 bits per heavy atom. The number of likely N-dealkylation sites (N-methyl/N-ethyl adjacent to an activating group) is 1. The molecule has 100 valence electrons. The third-order valence-electron chi connectivity index (χ3n) is 3.79. The van der Waals surface area contributed by atoms with Gasteiger partial charge in [-0.05, 0) is 33.0 Å². The normalized spacial score (nSPS) is 24.1. The molecule has 18 heavy (non-hydrogen) atoms. The molecule has 1 fully saturated rings. The minimum Gasteiger partial charge on any atom is -0.475 e. The molecule has 1 aromatic heterocycles. The van der Waals surface area contributed by atoms with E-state index in [0.717, 1.165) is 25.4 Å². The zero-order valence-electron chi connectivity index (χ0n) is 11.1. The molecule has 0 bridgehead atoms. The van der Waals surface area contributed by atoms with Crippen molar-refractivity contribution in [2.45, 2.75) is 25.9 Å². The van der Waals surface area contributed by atoms with Gasteiger partial charge in [-0.3, -0.25) is 4.90 Å². The number of carbonyl (C=O) groups is 1. The van der Waals surface area contributed by atoms with Gasteiger partial charge in [-0.25, -0.2) is 4.79 Å². The van der Waals surface area contributed by atoms with Crippen LogP contribution in [0.25, 0.3) is 0 Å². The molecular weight excluding hydrogens is 232 g/mol. The van der Waals surface area contributed by atoms with Crippen molar-refractivity contribution < 1.29 is 14.3 Å². The first-order chi connectivity index (χ1) is 8.49. The zero-order chi connectivity index (χ0) is 13.3. The van der Waals surface area contributed by atoms with Gasteiger partial charge in [-0.15, -0.1) is 0 Å². The summed E-state index contributed by atoms with van der Waals surface area (Å²) in [7, 11) is 2.13. The Balaban J connectivity index is 2.06. The van der Waals surface area contributed by atoms with Gasteiger partial charge >= 0.3 is 5.97 Å². The molecule has 1 aliphatic heterocycles. The lowest BCUT2D eigenvalue weighted by atomic mass is 10.1. The lowest BCUT2D eigenvalue weighted by Gasteiger charge is -2.40. The lowest BCUT2D eigenvalue weighted by molar-refractivity contribution is 0.0617. The van der Waals surface area contributed by atoms with Crippen LogP contribution in [-0.4, -0.2) is 53.6 Å². The van der Waals surface area contributed by atoms with E-state index in [9.17, 15) is 4.79 Å². The van der Waals surface area contributed by atoms with Gasteiger partial charge in [0.1, 0.15) is 5.76 Å². The number of piperazine rings is 1. The lowest BCUT2D eigenvalue weighted by Crippen LogP contribution is -2.50. The van der Waals surface area contributed by atoms with Crippen LogP contribution in [0.5, 0.6) is 0 Å². The van der Waals surface area contributed by atoms with Crippen LogP contribution >= 0.6 is 0 Å². The highest BCUT2D eigenvalue weighted by Gasteiger charge is 2.26. The van der Waals surface area contributed by atoms with Gasteiger partial charge in [0.25, 0.3) is 0 Å². The second-order valence-corrected chi connectivity index (χ2v) is 5.01. The molecule has 1 N–H and O–H groups in total. The number of hydrogen-bond donors (Lipinski definition) is 1. The fraction of sp³-hybridized carbons (Fsp3) is 0.615. The Morgan fingerprint density at radius 3 is 2.78 bits per heavy atom. The molecule has 2 rings (SSSR count). The maximum absolute atomic E-state index is 10.8. The minimum absolute atomic E-state index is 0.0130. The first kappa shape index (κ1) is 13.1. The monoisotopic (exact) mass is 252 g/mol. The highest BCUT2D eigenvalue weighted by atomic mass is 16.4. The van der Waals surface area contributed by atoms with Crippen LogP contribution in [0.2, 0.25) is 0 Å². The number of hydrogen-bond acceptors (Lipinski definition) is 4. The summed E-state index contributed by atoms with van der Waals surface area (Å²) in [5.41, 5.74) is 0. The highest BCUT2D eigenvalue weighted by Crippen LogP contribution is 2.24. The molecule has 5 heteroatoms. The van der Waals surface area contributed by atoms with Crippen molar-refractivity contribution in [1.82, 2.24) is 9.80 Å². The quantitative estimate of drug-likeness (QED) is 0.887. The van der Waals surface area contributed by atoms with Crippen molar-refractivity contribution in [2.24, 2.45) is 0 Å². The van der Waals surface area contributed by atoms with E-state index < -0.39 is 5.97 Å². The van der Waals surface area contributed by atoms with E-state index in [1.54, 1.807) is 6.07 Å². The standard InChI is InChI=1S/C13H20N2O3/c1-9-8-15(7-6-14(9)3)10(2)11-4-5-12(18-11)13(16)17/h4-5,9-10H,6-8H2,1-3H3,(H,16,17). The fourth-order valence-corrected chi connectivity index (χ4v) is 2.30. The Hall–Kier alpha value is -1.33. The van der Waals surface area contributed by atoms with Crippen molar-refractivity contribution >= 4 is 5.97 Å². The predicted octanol–water partition coefficient (Wildman–Crippen LogP) is 1.67. The molecule has 2 heterocycles. The van der Waals surface area contributed by atoms with Crippen LogP contribution in [0.4, 0.5) is 0 Å². The number of furan rings is 1. The average Bonchev–Trinajstić information content (AvgIpc) is 2.81. The first-order valence-electron chi connectivity index (χ1n) is 6.26. The number of rotatable bonds is 3. The molecule has 0 aromatic carbocycles. The molecule has 1 aromatic rings. The molecular formula is C13H20N2O3. The molecule has 1 saturated heterocycles. The maximum Gasteiger partial charge on any atom is 0.371 e. The summed E-state index contributed by atoms with van der Waals surface area (Å²) in [6.07, 6.45) is 0. The van der Waals surface area contributed by atoms with Crippen LogP contribution in [0.1, 0.15) is 36.2 Å². The second-order valence-electron chi connectivity index (χ2n) is 5.01. The largest absolute Gasteiger partial charge is 0.475 e. The minimum atomic E-state index is -1.01. The smallest absolute Gasteiger partial charge is 0.371 e. The van der Waals surface area contributed by atoms with E-state index in [-0.39, 0.29) is 11.8 Å². The van der Waals surface area contributed by atoms with Gasteiger partial charge in [-0.1, -0.05) is 0 Å². The number of carboxylic acids is 1. The Bertz CT molecular complexity index is 430. The van der Waals surface area contributed by atoms with Crippen molar-refractivity contribution in [3.63, 3.8) is 0 Å². The van der Waals surface area contributed by atoms with Crippen molar-refractivity contribution in [3.05, 3.63) is 23.7 Å². The molecule has 0 radical (unpaired) electrons. The number of nitrogens with zero attached hydrogens (tertiary/aromatic N) is 2. The summed E-state index contributed by atoms with van der Waals surface area (Å²) in [6, 6.07) is 3.91. The topological polar surface area (TPSA) is 56.9 Å². The third kappa shape index (κ3) is 2.57. The van der Waals surface area contributed by atoms with Crippen molar-refractivity contribution in [3.8, 4) is 0 Å². The van der Waals surface area contributed by atoms with Crippen LogP contribution in [0.3, 0.4) is 0 Å². The fourth-order valence-electron chi connectivity index (χ4n) is 2.30. The van der Waals surface area contributed by atoms with Crippen LogP contribution in [-0.2, 0) is 0 Å². The summed E-state index contributed by atoms with van der Waals surface area (Å²) in [5, 5.41) is 8.85. The van der Waals surface area contributed by atoms with Gasteiger partial charge in [0, 0.05) is 25.7 Å². The van der Waals surface area contributed by atoms with E-state index in [1.807, 2.05) is 0 Å².